The monoisotopic (exact) mass is 237 g/mol. The Morgan fingerprint density at radius 2 is 2.35 bits per heavy atom. The highest BCUT2D eigenvalue weighted by atomic mass is 16.2. The van der Waals surface area contributed by atoms with Gasteiger partial charge in [-0.1, -0.05) is 0 Å². The zero-order chi connectivity index (χ0) is 12.4. The summed E-state index contributed by atoms with van der Waals surface area (Å²) in [5, 5.41) is 9.33. The number of aromatic amines is 1. The molecule has 2 N–H and O–H groups in total. The quantitative estimate of drug-likeness (QED) is 0.731. The van der Waals surface area contributed by atoms with Crippen molar-refractivity contribution < 1.29 is 9.59 Å². The first kappa shape index (κ1) is 11.6. The van der Waals surface area contributed by atoms with Gasteiger partial charge in [0, 0.05) is 13.5 Å². The summed E-state index contributed by atoms with van der Waals surface area (Å²) >= 11 is 0. The number of rotatable bonds is 3. The largest absolute Gasteiger partial charge is 0.344 e. The van der Waals surface area contributed by atoms with Crippen LogP contribution in [0.15, 0.2) is 0 Å². The Bertz CT molecular complexity index is 442. The zero-order valence-corrected chi connectivity index (χ0v) is 9.86. The number of hydrogen-bond donors (Lipinski definition) is 2. The third-order valence-corrected chi connectivity index (χ3v) is 2.69. The highest BCUT2D eigenvalue weighted by Crippen LogP contribution is 2.10. The fraction of sp³-hybridized carbons (Fsp3) is 0.600. The molecule has 2 heterocycles. The normalized spacial score (nSPS) is 19.2. The molecule has 0 radical (unpaired) electrons. The number of carbonyl (C=O) groups excluding carboxylic acids is 2. The van der Waals surface area contributed by atoms with E-state index in [1.807, 2.05) is 0 Å². The van der Waals surface area contributed by atoms with Crippen molar-refractivity contribution >= 4 is 11.8 Å². The van der Waals surface area contributed by atoms with Gasteiger partial charge in [0.1, 0.15) is 11.9 Å². The summed E-state index contributed by atoms with van der Waals surface area (Å²) in [5.74, 6) is 1.13. The molecule has 1 fully saturated rings. The van der Waals surface area contributed by atoms with Crippen molar-refractivity contribution in [3.8, 4) is 0 Å². The summed E-state index contributed by atoms with van der Waals surface area (Å²) in [6.45, 7) is 2.14. The lowest BCUT2D eigenvalue weighted by Crippen LogP contribution is -2.42. The van der Waals surface area contributed by atoms with Crippen LogP contribution in [0.2, 0.25) is 0 Å². The van der Waals surface area contributed by atoms with Crippen molar-refractivity contribution in [2.75, 3.05) is 7.05 Å². The molecular weight excluding hydrogens is 222 g/mol. The van der Waals surface area contributed by atoms with Crippen molar-refractivity contribution in [1.82, 2.24) is 25.4 Å². The van der Waals surface area contributed by atoms with Crippen LogP contribution in [0.1, 0.15) is 24.5 Å². The number of nitrogens with zero attached hydrogens (tertiary/aromatic N) is 3. The molecule has 1 aromatic rings. The standard InChI is InChI=1S/C10H15N5O2/c1-6-11-8(14-13-6)5-15(2)10(17)7-3-4-9(16)12-7/h7H,3-5H2,1-2H3,(H,12,16)(H,11,13,14). The van der Waals surface area contributed by atoms with E-state index >= 15 is 0 Å². The van der Waals surface area contributed by atoms with E-state index in [2.05, 4.69) is 20.5 Å². The number of nitrogens with one attached hydrogen (secondary N) is 2. The van der Waals surface area contributed by atoms with Gasteiger partial charge in [-0.15, -0.1) is 0 Å². The summed E-state index contributed by atoms with van der Waals surface area (Å²) < 4.78 is 0. The van der Waals surface area contributed by atoms with E-state index in [0.29, 0.717) is 25.2 Å². The second kappa shape index (κ2) is 4.52. The van der Waals surface area contributed by atoms with Crippen LogP contribution in [0.3, 0.4) is 0 Å². The van der Waals surface area contributed by atoms with Gasteiger partial charge in [0.15, 0.2) is 5.82 Å². The van der Waals surface area contributed by atoms with Crippen LogP contribution in [-0.4, -0.2) is 45.0 Å². The molecule has 2 rings (SSSR count). The maximum absolute atomic E-state index is 11.9. The minimum atomic E-state index is -0.396. The van der Waals surface area contributed by atoms with Gasteiger partial charge in [-0.25, -0.2) is 4.98 Å². The number of H-pyrrole nitrogens is 1. The number of aromatic nitrogens is 3. The van der Waals surface area contributed by atoms with Gasteiger partial charge in [-0.3, -0.25) is 14.7 Å². The molecule has 1 aliphatic heterocycles. The predicted octanol–water partition coefficient (Wildman–Crippen LogP) is -0.650. The second-order valence-electron chi connectivity index (χ2n) is 4.19. The van der Waals surface area contributed by atoms with Crippen molar-refractivity contribution in [3.05, 3.63) is 11.6 Å². The molecule has 1 unspecified atom stereocenters. The summed E-state index contributed by atoms with van der Waals surface area (Å²) in [6, 6.07) is -0.396. The fourth-order valence-electron chi connectivity index (χ4n) is 1.82. The van der Waals surface area contributed by atoms with Gasteiger partial charge in [-0.2, -0.15) is 5.10 Å². The average Bonchev–Trinajstić information content (AvgIpc) is 2.87. The molecule has 7 heteroatoms. The van der Waals surface area contributed by atoms with E-state index in [1.165, 1.54) is 4.90 Å². The van der Waals surface area contributed by atoms with Gasteiger partial charge < -0.3 is 10.2 Å². The van der Waals surface area contributed by atoms with E-state index in [-0.39, 0.29) is 11.8 Å². The topological polar surface area (TPSA) is 91.0 Å². The summed E-state index contributed by atoms with van der Waals surface area (Å²) in [5.41, 5.74) is 0. The Morgan fingerprint density at radius 1 is 1.59 bits per heavy atom. The first-order valence-corrected chi connectivity index (χ1v) is 5.48. The van der Waals surface area contributed by atoms with Gasteiger partial charge in [0.05, 0.1) is 6.54 Å². The number of aryl methyl sites for hydroxylation is 1. The maximum Gasteiger partial charge on any atom is 0.245 e. The van der Waals surface area contributed by atoms with E-state index in [9.17, 15) is 9.59 Å². The lowest BCUT2D eigenvalue weighted by Gasteiger charge is -2.19. The highest BCUT2D eigenvalue weighted by molar-refractivity contribution is 5.90. The van der Waals surface area contributed by atoms with E-state index in [0.717, 1.165) is 5.82 Å². The van der Waals surface area contributed by atoms with Crippen LogP contribution in [0.4, 0.5) is 0 Å². The van der Waals surface area contributed by atoms with Gasteiger partial charge in [0.25, 0.3) is 0 Å². The molecule has 2 amide bonds. The van der Waals surface area contributed by atoms with E-state index in [1.54, 1.807) is 14.0 Å². The molecule has 1 atom stereocenters. The molecule has 1 aromatic heterocycles. The van der Waals surface area contributed by atoms with Crippen LogP contribution in [0.5, 0.6) is 0 Å². The number of amides is 2. The van der Waals surface area contributed by atoms with Gasteiger partial charge >= 0.3 is 0 Å². The smallest absolute Gasteiger partial charge is 0.245 e. The third-order valence-electron chi connectivity index (χ3n) is 2.69. The second-order valence-corrected chi connectivity index (χ2v) is 4.19. The Balaban J connectivity index is 1.93. The van der Waals surface area contributed by atoms with Crippen molar-refractivity contribution in [2.45, 2.75) is 32.4 Å². The van der Waals surface area contributed by atoms with Crippen LogP contribution >= 0.6 is 0 Å². The first-order valence-electron chi connectivity index (χ1n) is 5.48. The number of likely N-dealkylation sites (N-methyl/N-ethyl adjacent to an activating group) is 1. The Labute approximate surface area is 98.6 Å². The SMILES string of the molecule is Cc1nc(CN(C)C(=O)C2CCC(=O)N2)n[nH]1. The molecule has 0 aliphatic carbocycles. The van der Waals surface area contributed by atoms with Crippen LogP contribution < -0.4 is 5.32 Å². The average molecular weight is 237 g/mol. The van der Waals surface area contributed by atoms with E-state index in [4.69, 9.17) is 0 Å². The molecule has 92 valence electrons. The fourth-order valence-corrected chi connectivity index (χ4v) is 1.82. The van der Waals surface area contributed by atoms with Crippen LogP contribution in [0, 0.1) is 6.92 Å². The van der Waals surface area contributed by atoms with Crippen LogP contribution in [-0.2, 0) is 16.1 Å². The molecule has 1 aliphatic rings. The molecule has 0 saturated carbocycles. The minimum Gasteiger partial charge on any atom is -0.344 e. The molecular formula is C10H15N5O2. The molecule has 0 aromatic carbocycles. The Kier molecular flexibility index (Phi) is 3.08. The van der Waals surface area contributed by atoms with Crippen molar-refractivity contribution in [1.29, 1.82) is 0 Å². The zero-order valence-electron chi connectivity index (χ0n) is 9.86. The summed E-state index contributed by atoms with van der Waals surface area (Å²) in [7, 11) is 1.68. The molecule has 17 heavy (non-hydrogen) atoms. The number of hydrogen-bond acceptors (Lipinski definition) is 4. The molecule has 0 bridgehead atoms. The summed E-state index contributed by atoms with van der Waals surface area (Å²) in [6.07, 6.45) is 0.985. The Morgan fingerprint density at radius 3 is 2.88 bits per heavy atom. The Hall–Kier alpha value is -1.92. The number of carbonyl (C=O) groups is 2. The summed E-state index contributed by atoms with van der Waals surface area (Å²) in [4.78, 5) is 28.6. The van der Waals surface area contributed by atoms with E-state index < -0.39 is 6.04 Å². The lowest BCUT2D eigenvalue weighted by atomic mass is 10.2. The molecule has 7 nitrogen and oxygen atoms in total. The maximum atomic E-state index is 11.9. The van der Waals surface area contributed by atoms with Gasteiger partial charge in [-0.05, 0) is 13.3 Å². The van der Waals surface area contributed by atoms with Crippen molar-refractivity contribution in [3.63, 3.8) is 0 Å². The van der Waals surface area contributed by atoms with Crippen molar-refractivity contribution in [2.24, 2.45) is 0 Å². The molecule has 0 spiro atoms. The first-order chi connectivity index (χ1) is 8.06. The molecule has 1 saturated heterocycles. The van der Waals surface area contributed by atoms with Gasteiger partial charge in [0.2, 0.25) is 11.8 Å². The minimum absolute atomic E-state index is 0.0644. The predicted molar refractivity (Wildman–Crippen MR) is 58.8 cm³/mol. The lowest BCUT2D eigenvalue weighted by molar-refractivity contribution is -0.133. The highest BCUT2D eigenvalue weighted by Gasteiger charge is 2.29. The third kappa shape index (κ3) is 2.61. The van der Waals surface area contributed by atoms with Crippen LogP contribution in [0.25, 0.3) is 0 Å².